The molecule has 0 aliphatic rings. The van der Waals surface area contributed by atoms with Crippen LogP contribution in [0.5, 0.6) is 0 Å². The van der Waals surface area contributed by atoms with Crippen LogP contribution >= 0.6 is 0 Å². The molecule has 0 heterocycles. The van der Waals surface area contributed by atoms with Crippen molar-refractivity contribution in [1.29, 1.82) is 0 Å². The van der Waals surface area contributed by atoms with Crippen molar-refractivity contribution < 1.29 is 9.53 Å². The van der Waals surface area contributed by atoms with Gasteiger partial charge in [-0.1, -0.05) is 20.8 Å². The maximum Gasteiger partial charge on any atom is 0.236 e. The second-order valence-electron chi connectivity index (χ2n) is 4.98. The molecule has 1 amide bonds. The lowest BCUT2D eigenvalue weighted by Crippen LogP contribution is -2.40. The van der Waals surface area contributed by atoms with E-state index in [9.17, 15) is 4.79 Å². The minimum absolute atomic E-state index is 0.126. The van der Waals surface area contributed by atoms with E-state index in [-0.39, 0.29) is 11.3 Å². The lowest BCUT2D eigenvalue weighted by Gasteiger charge is -2.26. The van der Waals surface area contributed by atoms with Gasteiger partial charge in [-0.2, -0.15) is 0 Å². The predicted molar refractivity (Wildman–Crippen MR) is 61.8 cm³/mol. The quantitative estimate of drug-likeness (QED) is 0.665. The fourth-order valence-electron chi connectivity index (χ4n) is 1.30. The summed E-state index contributed by atoms with van der Waals surface area (Å²) in [4.78, 5) is 13.4. The second kappa shape index (κ2) is 6.80. The molecule has 0 saturated heterocycles. The minimum Gasteiger partial charge on any atom is -0.383 e. The fraction of sp³-hybridized carbons (Fsp3) is 0.909. The Morgan fingerprint density at radius 3 is 2.47 bits per heavy atom. The van der Waals surface area contributed by atoms with Gasteiger partial charge in [0.1, 0.15) is 0 Å². The van der Waals surface area contributed by atoms with Crippen LogP contribution in [0.2, 0.25) is 0 Å². The van der Waals surface area contributed by atoms with Gasteiger partial charge < -0.3 is 15.0 Å². The largest absolute Gasteiger partial charge is 0.383 e. The number of ether oxygens (including phenoxy) is 1. The summed E-state index contributed by atoms with van der Waals surface area (Å²) in [7, 11) is 3.49. The van der Waals surface area contributed by atoms with Crippen molar-refractivity contribution in [1.82, 2.24) is 10.2 Å². The molecular formula is C11H24N2O2. The molecule has 0 rings (SSSR count). The molecule has 15 heavy (non-hydrogen) atoms. The number of hydrogen-bond acceptors (Lipinski definition) is 3. The van der Waals surface area contributed by atoms with Gasteiger partial charge in [0.15, 0.2) is 0 Å². The van der Waals surface area contributed by atoms with Gasteiger partial charge >= 0.3 is 0 Å². The van der Waals surface area contributed by atoms with Gasteiger partial charge in [0, 0.05) is 27.2 Å². The van der Waals surface area contributed by atoms with Crippen molar-refractivity contribution >= 4 is 5.91 Å². The van der Waals surface area contributed by atoms with Crippen molar-refractivity contribution in [3.8, 4) is 0 Å². The first-order valence-corrected chi connectivity index (χ1v) is 5.30. The topological polar surface area (TPSA) is 41.6 Å². The Kier molecular flexibility index (Phi) is 6.52. The molecule has 90 valence electrons. The first-order chi connectivity index (χ1) is 6.87. The van der Waals surface area contributed by atoms with E-state index in [2.05, 4.69) is 26.1 Å². The Morgan fingerprint density at radius 2 is 2.00 bits per heavy atom. The van der Waals surface area contributed by atoms with Crippen molar-refractivity contribution in [2.45, 2.75) is 20.8 Å². The summed E-state index contributed by atoms with van der Waals surface area (Å²) in [5, 5.41) is 3.04. The molecule has 0 aliphatic heterocycles. The summed E-state index contributed by atoms with van der Waals surface area (Å²) in [5.41, 5.74) is 0.150. The molecule has 0 aromatic carbocycles. The average Bonchev–Trinajstić information content (AvgIpc) is 2.09. The molecule has 4 nitrogen and oxygen atoms in total. The standard InChI is InChI=1S/C11H24N2O2/c1-11(2,3)9-13(4)10(14)8-12-6-7-15-5/h12H,6-9H2,1-5H3. The zero-order chi connectivity index (χ0) is 11.9. The highest BCUT2D eigenvalue weighted by Gasteiger charge is 2.16. The predicted octanol–water partition coefficient (Wildman–Crippen LogP) is 0.727. The zero-order valence-electron chi connectivity index (χ0n) is 10.6. The minimum atomic E-state index is 0.126. The normalized spacial score (nSPS) is 11.5. The lowest BCUT2D eigenvalue weighted by molar-refractivity contribution is -0.130. The molecule has 1 N–H and O–H groups in total. The number of carbonyl (C=O) groups is 1. The summed E-state index contributed by atoms with van der Waals surface area (Å²) >= 11 is 0. The maximum absolute atomic E-state index is 11.6. The summed E-state index contributed by atoms with van der Waals surface area (Å²) in [6.07, 6.45) is 0. The van der Waals surface area contributed by atoms with Gasteiger partial charge in [-0.3, -0.25) is 4.79 Å². The van der Waals surface area contributed by atoms with Gasteiger partial charge in [-0.05, 0) is 5.41 Å². The van der Waals surface area contributed by atoms with Crippen LogP contribution < -0.4 is 5.32 Å². The van der Waals surface area contributed by atoms with Crippen LogP contribution in [0.1, 0.15) is 20.8 Å². The number of methoxy groups -OCH3 is 1. The van der Waals surface area contributed by atoms with E-state index < -0.39 is 0 Å². The van der Waals surface area contributed by atoms with Crippen LogP contribution in [0.3, 0.4) is 0 Å². The van der Waals surface area contributed by atoms with E-state index in [1.807, 2.05) is 7.05 Å². The first-order valence-electron chi connectivity index (χ1n) is 5.30. The van der Waals surface area contributed by atoms with Gasteiger partial charge in [-0.25, -0.2) is 0 Å². The Bertz CT molecular complexity index is 188. The van der Waals surface area contributed by atoms with Crippen LogP contribution in [-0.4, -0.2) is 51.2 Å². The highest BCUT2D eigenvalue weighted by atomic mass is 16.5. The van der Waals surface area contributed by atoms with E-state index in [1.54, 1.807) is 12.0 Å². The third-order valence-corrected chi connectivity index (χ3v) is 1.90. The second-order valence-corrected chi connectivity index (χ2v) is 4.98. The number of rotatable bonds is 6. The molecule has 0 aliphatic carbocycles. The molecule has 4 heteroatoms. The molecule has 0 aromatic heterocycles. The Hall–Kier alpha value is -0.610. The van der Waals surface area contributed by atoms with Gasteiger partial charge in [0.2, 0.25) is 5.91 Å². The smallest absolute Gasteiger partial charge is 0.236 e. The van der Waals surface area contributed by atoms with Gasteiger partial charge in [0.05, 0.1) is 13.2 Å². The molecule has 0 fully saturated rings. The fourth-order valence-corrected chi connectivity index (χ4v) is 1.30. The van der Waals surface area contributed by atoms with Crippen molar-refractivity contribution in [2.75, 3.05) is 40.4 Å². The van der Waals surface area contributed by atoms with E-state index in [0.717, 1.165) is 6.54 Å². The van der Waals surface area contributed by atoms with Crippen LogP contribution in [0.4, 0.5) is 0 Å². The van der Waals surface area contributed by atoms with E-state index >= 15 is 0 Å². The summed E-state index contributed by atoms with van der Waals surface area (Å²) < 4.78 is 4.88. The first kappa shape index (κ1) is 14.4. The van der Waals surface area contributed by atoms with Gasteiger partial charge in [0.25, 0.3) is 0 Å². The average molecular weight is 216 g/mol. The lowest BCUT2D eigenvalue weighted by atomic mass is 9.96. The van der Waals surface area contributed by atoms with Crippen LogP contribution in [0.15, 0.2) is 0 Å². The molecular weight excluding hydrogens is 192 g/mol. The zero-order valence-corrected chi connectivity index (χ0v) is 10.6. The summed E-state index contributed by atoms with van der Waals surface area (Å²) in [6.45, 7) is 8.87. The third-order valence-electron chi connectivity index (χ3n) is 1.90. The van der Waals surface area contributed by atoms with Crippen LogP contribution in [-0.2, 0) is 9.53 Å². The van der Waals surface area contributed by atoms with Crippen molar-refractivity contribution in [3.05, 3.63) is 0 Å². The third kappa shape index (κ3) is 8.39. The number of nitrogens with zero attached hydrogens (tertiary/aromatic N) is 1. The molecule has 0 bridgehead atoms. The van der Waals surface area contributed by atoms with E-state index in [4.69, 9.17) is 4.74 Å². The Labute approximate surface area is 93.0 Å². The highest BCUT2D eigenvalue weighted by Crippen LogP contribution is 2.13. The monoisotopic (exact) mass is 216 g/mol. The molecule has 0 spiro atoms. The van der Waals surface area contributed by atoms with Crippen molar-refractivity contribution in [2.24, 2.45) is 5.41 Å². The molecule has 0 unspecified atom stereocenters. The Balaban J connectivity index is 3.70. The van der Waals surface area contributed by atoms with E-state index in [1.165, 1.54) is 0 Å². The highest BCUT2D eigenvalue weighted by molar-refractivity contribution is 5.77. The number of carbonyl (C=O) groups excluding carboxylic acids is 1. The SMILES string of the molecule is COCCNCC(=O)N(C)CC(C)(C)C. The molecule has 0 aromatic rings. The number of amides is 1. The van der Waals surface area contributed by atoms with Crippen molar-refractivity contribution in [3.63, 3.8) is 0 Å². The number of nitrogens with one attached hydrogen (secondary N) is 1. The molecule has 0 saturated carbocycles. The Morgan fingerprint density at radius 1 is 1.40 bits per heavy atom. The number of hydrogen-bond donors (Lipinski definition) is 1. The maximum atomic E-state index is 11.6. The summed E-state index contributed by atoms with van der Waals surface area (Å²) in [5.74, 6) is 0.126. The molecule has 0 atom stereocenters. The number of likely N-dealkylation sites (N-methyl/N-ethyl adjacent to an activating group) is 1. The van der Waals surface area contributed by atoms with E-state index in [0.29, 0.717) is 19.7 Å². The molecule has 0 radical (unpaired) electrons. The van der Waals surface area contributed by atoms with Gasteiger partial charge in [-0.15, -0.1) is 0 Å². The van der Waals surface area contributed by atoms with Crippen LogP contribution in [0, 0.1) is 5.41 Å². The van der Waals surface area contributed by atoms with Crippen LogP contribution in [0.25, 0.3) is 0 Å². The summed E-state index contributed by atoms with van der Waals surface area (Å²) in [6, 6.07) is 0.